The minimum absolute atomic E-state index is 0.232. The van der Waals surface area contributed by atoms with E-state index in [1.807, 2.05) is 6.07 Å². The fourth-order valence-corrected chi connectivity index (χ4v) is 3.41. The van der Waals surface area contributed by atoms with Crippen molar-refractivity contribution in [2.24, 2.45) is 0 Å². The average Bonchev–Trinajstić information content (AvgIpc) is 2.46. The highest BCUT2D eigenvalue weighted by Gasteiger charge is 2.38. The van der Waals surface area contributed by atoms with Crippen molar-refractivity contribution in [3.05, 3.63) is 53.8 Å². The SMILES string of the molecule is C=C=C1CCCN2[C@H]1CC(=O)C[C@H]2c1ccccc1. The molecule has 0 bridgehead atoms. The Kier molecular flexibility index (Phi) is 3.37. The number of Topliss-reactive ketones (excluding diaryl/α,β-unsaturated/α-hetero) is 1. The lowest BCUT2D eigenvalue weighted by atomic mass is 9.83. The first-order valence-corrected chi connectivity index (χ1v) is 7.01. The molecule has 2 heterocycles. The number of rotatable bonds is 1. The van der Waals surface area contributed by atoms with E-state index in [1.165, 1.54) is 11.1 Å². The first kappa shape index (κ1) is 12.4. The number of hydrogen-bond acceptors (Lipinski definition) is 2. The van der Waals surface area contributed by atoms with E-state index in [1.54, 1.807) is 0 Å². The highest BCUT2D eigenvalue weighted by Crippen LogP contribution is 2.38. The third-order valence-electron chi connectivity index (χ3n) is 4.32. The average molecular weight is 253 g/mol. The zero-order valence-electron chi connectivity index (χ0n) is 11.1. The second kappa shape index (κ2) is 5.16. The van der Waals surface area contributed by atoms with Gasteiger partial charge in [-0.1, -0.05) is 36.9 Å². The first-order valence-electron chi connectivity index (χ1n) is 7.01. The molecule has 0 aromatic heterocycles. The maximum atomic E-state index is 12.1. The van der Waals surface area contributed by atoms with Crippen molar-refractivity contribution in [3.8, 4) is 0 Å². The van der Waals surface area contributed by atoms with Gasteiger partial charge in [-0.15, -0.1) is 5.73 Å². The quantitative estimate of drug-likeness (QED) is 0.716. The molecular formula is C17H19NO. The number of benzene rings is 1. The molecule has 0 saturated carbocycles. The van der Waals surface area contributed by atoms with Gasteiger partial charge in [-0.2, -0.15) is 0 Å². The molecule has 0 radical (unpaired) electrons. The van der Waals surface area contributed by atoms with Gasteiger partial charge in [0, 0.05) is 24.9 Å². The molecule has 1 aromatic carbocycles. The Morgan fingerprint density at radius 2 is 1.89 bits per heavy atom. The van der Waals surface area contributed by atoms with Crippen molar-refractivity contribution in [1.82, 2.24) is 4.90 Å². The summed E-state index contributed by atoms with van der Waals surface area (Å²) in [4.78, 5) is 14.6. The topological polar surface area (TPSA) is 20.3 Å². The monoisotopic (exact) mass is 253 g/mol. The third-order valence-corrected chi connectivity index (χ3v) is 4.32. The Morgan fingerprint density at radius 1 is 1.16 bits per heavy atom. The van der Waals surface area contributed by atoms with Crippen LogP contribution in [0.4, 0.5) is 0 Å². The molecule has 2 atom stereocenters. The summed E-state index contributed by atoms with van der Waals surface area (Å²) in [7, 11) is 0. The molecule has 2 nitrogen and oxygen atoms in total. The van der Waals surface area contributed by atoms with E-state index in [0.29, 0.717) is 18.6 Å². The van der Waals surface area contributed by atoms with Crippen LogP contribution in [0.15, 0.2) is 48.2 Å². The molecule has 1 aromatic rings. The molecule has 2 aliphatic heterocycles. The van der Waals surface area contributed by atoms with Gasteiger partial charge in [0.15, 0.2) is 0 Å². The maximum absolute atomic E-state index is 12.1. The lowest BCUT2D eigenvalue weighted by molar-refractivity contribution is -0.125. The predicted octanol–water partition coefficient (Wildman–Crippen LogP) is 3.27. The van der Waals surface area contributed by atoms with E-state index in [2.05, 4.69) is 41.5 Å². The number of nitrogens with zero attached hydrogens (tertiary/aromatic N) is 1. The largest absolute Gasteiger partial charge is 0.300 e. The van der Waals surface area contributed by atoms with Gasteiger partial charge < -0.3 is 0 Å². The van der Waals surface area contributed by atoms with Crippen molar-refractivity contribution < 1.29 is 4.79 Å². The van der Waals surface area contributed by atoms with Crippen LogP contribution in [0.2, 0.25) is 0 Å². The predicted molar refractivity (Wildman–Crippen MR) is 75.8 cm³/mol. The molecule has 0 spiro atoms. The summed E-state index contributed by atoms with van der Waals surface area (Å²) in [5, 5.41) is 0. The smallest absolute Gasteiger partial charge is 0.136 e. The number of carbonyl (C=O) groups excluding carboxylic acids is 1. The van der Waals surface area contributed by atoms with Gasteiger partial charge in [-0.05, 0) is 30.5 Å². The Morgan fingerprint density at radius 3 is 2.63 bits per heavy atom. The van der Waals surface area contributed by atoms with Crippen LogP contribution in [0.25, 0.3) is 0 Å². The Balaban J connectivity index is 1.96. The van der Waals surface area contributed by atoms with E-state index >= 15 is 0 Å². The summed E-state index contributed by atoms with van der Waals surface area (Å²) in [5.41, 5.74) is 5.55. The Labute approximate surface area is 114 Å². The van der Waals surface area contributed by atoms with Gasteiger partial charge >= 0.3 is 0 Å². The van der Waals surface area contributed by atoms with Gasteiger partial charge in [0.2, 0.25) is 0 Å². The molecule has 2 aliphatic rings. The summed E-state index contributed by atoms with van der Waals surface area (Å²) < 4.78 is 0. The third kappa shape index (κ3) is 2.30. The lowest BCUT2D eigenvalue weighted by Crippen LogP contribution is -2.48. The number of carbonyl (C=O) groups is 1. The molecule has 98 valence electrons. The molecule has 2 saturated heterocycles. The summed E-state index contributed by atoms with van der Waals surface area (Å²) in [6.45, 7) is 4.87. The molecule has 0 aliphatic carbocycles. The van der Waals surface area contributed by atoms with E-state index in [0.717, 1.165) is 19.4 Å². The van der Waals surface area contributed by atoms with Gasteiger partial charge in [0.1, 0.15) is 5.78 Å². The highest BCUT2D eigenvalue weighted by molar-refractivity contribution is 5.81. The van der Waals surface area contributed by atoms with Gasteiger partial charge in [-0.3, -0.25) is 9.69 Å². The van der Waals surface area contributed by atoms with Gasteiger partial charge in [0.25, 0.3) is 0 Å². The number of ketones is 1. The van der Waals surface area contributed by atoms with Crippen molar-refractivity contribution >= 4 is 5.78 Å². The zero-order valence-corrected chi connectivity index (χ0v) is 11.1. The number of hydrogen-bond donors (Lipinski definition) is 0. The first-order chi connectivity index (χ1) is 9.29. The Bertz CT molecular complexity index is 527. The van der Waals surface area contributed by atoms with E-state index in [4.69, 9.17) is 0 Å². The molecule has 0 N–H and O–H groups in total. The highest BCUT2D eigenvalue weighted by atomic mass is 16.1. The summed E-state index contributed by atoms with van der Waals surface area (Å²) >= 11 is 0. The molecule has 2 fully saturated rings. The fraction of sp³-hybridized carbons (Fsp3) is 0.412. The molecule has 0 amide bonds. The molecule has 0 unspecified atom stereocenters. The minimum atomic E-state index is 0.232. The lowest BCUT2D eigenvalue weighted by Gasteiger charge is -2.45. The van der Waals surface area contributed by atoms with Gasteiger partial charge in [0.05, 0.1) is 0 Å². The molecular weight excluding hydrogens is 234 g/mol. The van der Waals surface area contributed by atoms with Crippen LogP contribution in [0, 0.1) is 0 Å². The number of piperidine rings is 2. The second-order valence-corrected chi connectivity index (χ2v) is 5.43. The van der Waals surface area contributed by atoms with Crippen molar-refractivity contribution in [3.63, 3.8) is 0 Å². The summed E-state index contributed by atoms with van der Waals surface area (Å²) in [5.74, 6) is 0.366. The van der Waals surface area contributed by atoms with Crippen LogP contribution in [0.5, 0.6) is 0 Å². The molecule has 2 heteroatoms. The fourth-order valence-electron chi connectivity index (χ4n) is 3.41. The van der Waals surface area contributed by atoms with Crippen molar-refractivity contribution in [1.29, 1.82) is 0 Å². The summed E-state index contributed by atoms with van der Waals surface area (Å²) in [6, 6.07) is 10.9. The maximum Gasteiger partial charge on any atom is 0.136 e. The van der Waals surface area contributed by atoms with Crippen LogP contribution in [0.3, 0.4) is 0 Å². The standard InChI is InChI=1S/C17H19NO/c1-2-13-9-6-10-18-16(13)11-15(19)12-17(18)14-7-4-3-5-8-14/h3-5,7-8,16-17H,1,6,9-12H2/t16-,17-/m0/s1. The molecule has 19 heavy (non-hydrogen) atoms. The summed E-state index contributed by atoms with van der Waals surface area (Å²) in [6.07, 6.45) is 3.47. The second-order valence-electron chi connectivity index (χ2n) is 5.43. The van der Waals surface area contributed by atoms with Crippen molar-refractivity contribution in [2.45, 2.75) is 37.8 Å². The number of fused-ring (bicyclic) bond motifs is 1. The van der Waals surface area contributed by atoms with Crippen molar-refractivity contribution in [2.75, 3.05) is 6.54 Å². The van der Waals surface area contributed by atoms with E-state index < -0.39 is 0 Å². The van der Waals surface area contributed by atoms with Gasteiger partial charge in [-0.25, -0.2) is 0 Å². The minimum Gasteiger partial charge on any atom is -0.300 e. The van der Waals surface area contributed by atoms with Crippen LogP contribution in [0.1, 0.15) is 37.3 Å². The van der Waals surface area contributed by atoms with Crippen LogP contribution < -0.4 is 0 Å². The van der Waals surface area contributed by atoms with Crippen LogP contribution >= 0.6 is 0 Å². The van der Waals surface area contributed by atoms with E-state index in [-0.39, 0.29) is 12.1 Å². The molecule has 3 rings (SSSR count). The van der Waals surface area contributed by atoms with Crippen LogP contribution in [-0.2, 0) is 4.79 Å². The van der Waals surface area contributed by atoms with Crippen LogP contribution in [-0.4, -0.2) is 23.3 Å². The normalized spacial score (nSPS) is 27.8. The van der Waals surface area contributed by atoms with E-state index in [9.17, 15) is 4.79 Å². The zero-order chi connectivity index (χ0) is 13.2. The Hall–Kier alpha value is -1.63.